The van der Waals surface area contributed by atoms with Gasteiger partial charge in [-0.3, -0.25) is 29.1 Å². The molecule has 12 aromatic rings. The van der Waals surface area contributed by atoms with Crippen molar-refractivity contribution < 1.29 is 55.9 Å². The zero-order valence-corrected chi connectivity index (χ0v) is 56.4. The van der Waals surface area contributed by atoms with E-state index in [1.165, 1.54) is 47.3 Å². The van der Waals surface area contributed by atoms with Crippen LogP contribution in [0.2, 0.25) is 10.0 Å². The maximum absolute atomic E-state index is 13.8. The Morgan fingerprint density at radius 2 is 1.47 bits per heavy atom. The number of pyridine rings is 3. The van der Waals surface area contributed by atoms with E-state index in [2.05, 4.69) is 25.6 Å². The van der Waals surface area contributed by atoms with Crippen LogP contribution in [0.25, 0.3) is 60.7 Å². The number of halogens is 2. The largest absolute Gasteiger partial charge is 0.490 e. The number of amides is 4. The summed E-state index contributed by atoms with van der Waals surface area (Å²) in [5.41, 5.74) is 20.3. The number of aliphatic imine (C=N–C) groups is 1. The molecule has 8 N–H and O–H groups in total. The zero-order chi connectivity index (χ0) is 71.2. The predicted octanol–water partition coefficient (Wildman–Crippen LogP) is 11.4. The topological polar surface area (TPSA) is 349 Å². The Kier molecular flexibility index (Phi) is 20.3. The Morgan fingerprint density at radius 1 is 0.743 bits per heavy atom. The number of nitrogen functional groups attached to an aromatic ring is 1. The first kappa shape index (κ1) is 69.0. The summed E-state index contributed by atoms with van der Waals surface area (Å²) in [7, 11) is -3.77. The lowest BCUT2D eigenvalue weighted by molar-refractivity contribution is -0.120. The van der Waals surface area contributed by atoms with Gasteiger partial charge in [-0.05, 0) is 162 Å². The fourth-order valence-corrected chi connectivity index (χ4v) is 12.9. The molecule has 101 heavy (non-hydrogen) atoms. The molecular formula is C74H61Cl2N11O13S. The van der Waals surface area contributed by atoms with Gasteiger partial charge in [-0.2, -0.15) is 18.2 Å². The standard InChI is InChI=1S/C34H30N4O5.C23H19N5O2.C17H12Cl2N2O6S/c1-3-42-29-15-23-14-24(19-39)28(20-40)32(27(23)17-30(29)43-4-2)21-11-13-36-31(16-21)38-34(41)26-10-6-5-9-25(26)33(37-38)22-8-7-12-35-18-22;24-17-11-15-8-10-28-20(15)18(12-17)19(14-5-2-1-3-6-14)26-21(23(28)30)27-22(29)16-7-4-9-25-13-16;1-28(24,25)27-9-3-5-11-13(7-9)26-16(14(11)21-17(20)23)15(22)10-4-2-8(18)6-12(10)19/h5-18,39-40H,3-4,19-20H2,1-2H3;1-7,9,11-13,21H,8,10,24H2,(H,27,29);2-7H,1H3,(H3,20,21,23)/t;21-;/m.0./s1. The number of aromatic nitrogens is 5. The number of aliphatic hydroxyl groups is 2. The Hall–Kier alpha value is -11.9. The van der Waals surface area contributed by atoms with Gasteiger partial charge in [-0.25, -0.2) is 14.8 Å². The first-order valence-electron chi connectivity index (χ1n) is 31.3. The van der Waals surface area contributed by atoms with Crippen molar-refractivity contribution in [2.45, 2.75) is 39.6 Å². The van der Waals surface area contributed by atoms with Gasteiger partial charge in [-0.1, -0.05) is 71.7 Å². The van der Waals surface area contributed by atoms with Crippen molar-refractivity contribution in [3.8, 4) is 45.5 Å². The van der Waals surface area contributed by atoms with E-state index < -0.39 is 34.0 Å². The Labute approximate surface area is 586 Å². The second kappa shape index (κ2) is 29.7. The van der Waals surface area contributed by atoms with Gasteiger partial charge in [0.1, 0.15) is 22.7 Å². The van der Waals surface area contributed by atoms with Crippen LogP contribution < -0.4 is 46.2 Å². The van der Waals surface area contributed by atoms with E-state index in [-0.39, 0.29) is 58.0 Å². The van der Waals surface area contributed by atoms with Crippen molar-refractivity contribution in [3.05, 3.63) is 254 Å². The summed E-state index contributed by atoms with van der Waals surface area (Å²) in [6.07, 6.45) is 8.60. The lowest BCUT2D eigenvalue weighted by atomic mass is 9.90. The number of fused-ring (bicyclic) bond motifs is 3. The van der Waals surface area contributed by atoms with Gasteiger partial charge in [-0.15, -0.1) is 0 Å². The summed E-state index contributed by atoms with van der Waals surface area (Å²) < 4.78 is 46.0. The maximum atomic E-state index is 13.8. The number of rotatable bonds is 17. The molecular weight excluding hydrogens is 1350 g/mol. The zero-order valence-electron chi connectivity index (χ0n) is 54.1. The lowest BCUT2D eigenvalue weighted by Gasteiger charge is -2.21. The number of nitrogens with zero attached hydrogens (tertiary/aromatic N) is 7. The van der Waals surface area contributed by atoms with Gasteiger partial charge < -0.3 is 55.3 Å². The van der Waals surface area contributed by atoms with E-state index in [9.17, 15) is 42.6 Å². The monoisotopic (exact) mass is 1410 g/mol. The number of benzene rings is 7. The molecule has 7 aromatic carbocycles. The van der Waals surface area contributed by atoms with Gasteiger partial charge >= 0.3 is 16.1 Å². The number of furan rings is 1. The number of anilines is 3. The van der Waals surface area contributed by atoms with Crippen LogP contribution in [0.4, 0.5) is 21.9 Å². The van der Waals surface area contributed by atoms with Crippen molar-refractivity contribution in [2.24, 2.45) is 10.7 Å². The number of carbonyl (C=O) groups excluding carboxylic acids is 4. The number of ether oxygens (including phenoxy) is 2. The van der Waals surface area contributed by atoms with E-state index in [0.29, 0.717) is 110 Å². The summed E-state index contributed by atoms with van der Waals surface area (Å²) in [5.74, 6) is -0.0962. The molecule has 4 amide bonds. The van der Waals surface area contributed by atoms with Gasteiger partial charge in [0, 0.05) is 87.3 Å². The predicted molar refractivity (Wildman–Crippen MR) is 385 cm³/mol. The van der Waals surface area contributed by atoms with Crippen LogP contribution in [0, 0.1) is 0 Å². The Balaban J connectivity index is 0.000000148. The van der Waals surface area contributed by atoms with E-state index in [0.717, 1.165) is 45.0 Å². The first-order valence-corrected chi connectivity index (χ1v) is 33.9. The fourth-order valence-electron chi connectivity index (χ4n) is 12.0. The molecule has 7 heterocycles. The number of primary amides is 1. The number of nitrogens with two attached hydrogens (primary N) is 2. The minimum absolute atomic E-state index is 0.0180. The molecule has 1 atom stereocenters. The van der Waals surface area contributed by atoms with Crippen molar-refractivity contribution >= 4 is 112 Å². The smallest absolute Gasteiger partial charge is 0.316 e. The lowest BCUT2D eigenvalue weighted by Crippen LogP contribution is -2.47. The van der Waals surface area contributed by atoms with E-state index in [1.807, 2.05) is 111 Å². The van der Waals surface area contributed by atoms with E-state index in [1.54, 1.807) is 54.0 Å². The van der Waals surface area contributed by atoms with Crippen molar-refractivity contribution in [1.29, 1.82) is 0 Å². The van der Waals surface area contributed by atoms with Gasteiger partial charge in [0.2, 0.25) is 11.9 Å². The van der Waals surface area contributed by atoms with Crippen LogP contribution in [-0.4, -0.2) is 105 Å². The SMILES string of the molecule is CCOc1cc2cc(CO)c(CO)c(-c3ccnc(-n4nc(-c5cccnc5)c5ccccc5c4=O)c3)c2cc1OCC.CS(=O)(=O)Oc1ccc2c(NC(N)=O)c(C(=O)c3ccc(Cl)cc3Cl)oc2c1.Nc1cc2c3c(c1)C(c1ccccc1)=N[C@@H](NC(=O)c1cccnc1)C(=O)N3CC2. The summed E-state index contributed by atoms with van der Waals surface area (Å²) in [6, 6.07) is 44.3. The summed E-state index contributed by atoms with van der Waals surface area (Å²) >= 11 is 11.9. The van der Waals surface area contributed by atoms with Crippen LogP contribution in [0.3, 0.4) is 0 Å². The molecule has 2 aliphatic rings. The van der Waals surface area contributed by atoms with Crippen molar-refractivity contribution in [1.82, 2.24) is 30.0 Å². The first-order chi connectivity index (χ1) is 48.7. The second-order valence-corrected chi connectivity index (χ2v) is 25.2. The highest BCUT2D eigenvalue weighted by molar-refractivity contribution is 7.86. The summed E-state index contributed by atoms with van der Waals surface area (Å²) in [5, 5.41) is 34.2. The number of aliphatic hydroxyl groups excluding tert-OH is 2. The molecule has 510 valence electrons. The molecule has 14 rings (SSSR count). The van der Waals surface area contributed by atoms with Crippen molar-refractivity contribution in [2.75, 3.05) is 42.0 Å². The molecule has 0 unspecified atom stereocenters. The Bertz CT molecular complexity index is 5450. The van der Waals surface area contributed by atoms with Crippen LogP contribution in [0.5, 0.6) is 17.2 Å². The van der Waals surface area contributed by atoms with Crippen LogP contribution in [-0.2, 0) is 34.5 Å². The maximum Gasteiger partial charge on any atom is 0.316 e. The van der Waals surface area contributed by atoms with E-state index >= 15 is 0 Å². The molecule has 24 nitrogen and oxygen atoms in total. The molecule has 27 heteroatoms. The molecule has 0 saturated heterocycles. The highest BCUT2D eigenvalue weighted by Gasteiger charge is 2.38. The highest BCUT2D eigenvalue weighted by atomic mass is 35.5. The molecule has 0 spiro atoms. The van der Waals surface area contributed by atoms with Gasteiger partial charge in [0.15, 0.2) is 23.1 Å². The van der Waals surface area contributed by atoms with Gasteiger partial charge in [0.25, 0.3) is 17.4 Å². The summed E-state index contributed by atoms with van der Waals surface area (Å²) in [4.78, 5) is 83.3. The number of hydrogen-bond acceptors (Lipinski definition) is 19. The number of carbonyl (C=O) groups is 4. The number of hydrogen-bond donors (Lipinski definition) is 6. The molecule has 0 saturated carbocycles. The average molecular weight is 1420 g/mol. The summed E-state index contributed by atoms with van der Waals surface area (Å²) in [6.45, 7) is 4.66. The minimum atomic E-state index is -3.77. The third-order valence-electron chi connectivity index (χ3n) is 16.2. The highest BCUT2D eigenvalue weighted by Crippen LogP contribution is 2.43. The van der Waals surface area contributed by atoms with Gasteiger partial charge in [0.05, 0.1) is 60.1 Å². The molecule has 0 radical (unpaired) electrons. The third-order valence-corrected chi connectivity index (χ3v) is 17.2. The minimum Gasteiger partial charge on any atom is -0.490 e. The molecule has 0 fully saturated rings. The number of ketones is 1. The molecule has 0 aliphatic carbocycles. The van der Waals surface area contributed by atoms with Crippen LogP contribution >= 0.6 is 23.2 Å². The molecule has 2 aliphatic heterocycles. The normalized spacial score (nSPS) is 13.1. The van der Waals surface area contributed by atoms with Crippen LogP contribution in [0.1, 0.15) is 68.1 Å². The Morgan fingerprint density at radius 3 is 2.15 bits per heavy atom. The molecule has 0 bridgehead atoms. The average Bonchev–Trinajstić information content (AvgIpc) is 1.59. The van der Waals surface area contributed by atoms with Crippen molar-refractivity contribution in [3.63, 3.8) is 0 Å². The third kappa shape index (κ3) is 14.7. The number of nitrogens with one attached hydrogen (secondary N) is 2. The second-order valence-electron chi connectivity index (χ2n) is 22.8. The molecule has 5 aromatic heterocycles. The number of urea groups is 1. The van der Waals surface area contributed by atoms with E-state index in [4.69, 9.17) is 62.8 Å². The fraction of sp³-hybridized carbons (Fsp3) is 0.135. The quantitative estimate of drug-likeness (QED) is 0.0280. The van der Waals surface area contributed by atoms with Crippen LogP contribution in [0.15, 0.2) is 203 Å².